The monoisotopic (exact) mass is 466 g/mol. The van der Waals surface area contributed by atoms with E-state index in [4.69, 9.17) is 4.74 Å². The van der Waals surface area contributed by atoms with Gasteiger partial charge in [-0.3, -0.25) is 9.59 Å². The van der Waals surface area contributed by atoms with Crippen LogP contribution >= 0.6 is 11.3 Å². The minimum absolute atomic E-state index is 0.0612. The van der Waals surface area contributed by atoms with Crippen molar-refractivity contribution in [3.63, 3.8) is 0 Å². The van der Waals surface area contributed by atoms with Gasteiger partial charge in [-0.2, -0.15) is 0 Å². The molecule has 1 aliphatic rings. The SMILES string of the molecule is O=C(CN(CC1CCCO1)C(=O)c1ccc(F)cc1)N(Cc1ccccc1)Cc1cccs1. The Bertz CT molecular complexity index is 1040. The molecule has 1 unspecified atom stereocenters. The number of thiophene rings is 1. The van der Waals surface area contributed by atoms with Gasteiger partial charge in [0, 0.05) is 30.1 Å². The van der Waals surface area contributed by atoms with Gasteiger partial charge < -0.3 is 14.5 Å². The lowest BCUT2D eigenvalue weighted by Crippen LogP contribution is -2.45. The lowest BCUT2D eigenvalue weighted by molar-refractivity contribution is -0.133. The second kappa shape index (κ2) is 11.2. The molecule has 7 heteroatoms. The third-order valence-corrected chi connectivity index (χ3v) is 6.51. The van der Waals surface area contributed by atoms with Crippen molar-refractivity contribution in [2.75, 3.05) is 19.7 Å². The molecular formula is C26H27FN2O3S. The number of amides is 2. The molecule has 1 fully saturated rings. The number of hydrogen-bond donors (Lipinski definition) is 0. The summed E-state index contributed by atoms with van der Waals surface area (Å²) in [4.78, 5) is 31.1. The van der Waals surface area contributed by atoms with E-state index in [-0.39, 0.29) is 24.5 Å². The quantitative estimate of drug-likeness (QED) is 0.458. The fourth-order valence-electron chi connectivity index (χ4n) is 3.92. The molecule has 0 bridgehead atoms. The lowest BCUT2D eigenvalue weighted by atomic mass is 10.1. The summed E-state index contributed by atoms with van der Waals surface area (Å²) in [6.45, 7) is 1.87. The van der Waals surface area contributed by atoms with Crippen LogP contribution in [0.25, 0.3) is 0 Å². The molecule has 0 aliphatic carbocycles. The number of hydrogen-bond acceptors (Lipinski definition) is 4. The molecule has 2 amide bonds. The van der Waals surface area contributed by atoms with E-state index in [0.29, 0.717) is 31.8 Å². The maximum absolute atomic E-state index is 13.5. The topological polar surface area (TPSA) is 49.9 Å². The van der Waals surface area contributed by atoms with Crippen molar-refractivity contribution in [3.05, 3.63) is 93.9 Å². The molecule has 1 saturated heterocycles. The zero-order chi connectivity index (χ0) is 23.0. The molecule has 33 heavy (non-hydrogen) atoms. The van der Waals surface area contributed by atoms with Crippen LogP contribution in [0, 0.1) is 5.82 Å². The van der Waals surface area contributed by atoms with Crippen molar-refractivity contribution in [3.8, 4) is 0 Å². The van der Waals surface area contributed by atoms with Crippen LogP contribution in [-0.2, 0) is 22.6 Å². The van der Waals surface area contributed by atoms with Gasteiger partial charge in [-0.1, -0.05) is 36.4 Å². The number of rotatable bonds is 9. The van der Waals surface area contributed by atoms with E-state index in [9.17, 15) is 14.0 Å². The standard InChI is InChI=1S/C26H27FN2O3S/c27-22-12-10-21(11-13-22)26(31)29(17-23-8-4-14-32-23)19-25(30)28(18-24-9-5-15-33-24)16-20-6-2-1-3-7-20/h1-3,5-7,9-13,15,23H,4,8,14,16-19H2. The van der Waals surface area contributed by atoms with Gasteiger partial charge in [-0.15, -0.1) is 11.3 Å². The first-order chi connectivity index (χ1) is 16.1. The molecule has 172 valence electrons. The Morgan fingerprint density at radius 2 is 1.76 bits per heavy atom. The zero-order valence-electron chi connectivity index (χ0n) is 18.4. The van der Waals surface area contributed by atoms with Crippen molar-refractivity contribution < 1.29 is 18.7 Å². The highest BCUT2D eigenvalue weighted by Gasteiger charge is 2.27. The van der Waals surface area contributed by atoms with Gasteiger partial charge >= 0.3 is 0 Å². The van der Waals surface area contributed by atoms with Crippen LogP contribution in [0.3, 0.4) is 0 Å². The molecule has 5 nitrogen and oxygen atoms in total. The minimum atomic E-state index is -0.404. The first-order valence-corrected chi connectivity index (χ1v) is 12.0. The third-order valence-electron chi connectivity index (χ3n) is 5.65. The maximum Gasteiger partial charge on any atom is 0.254 e. The van der Waals surface area contributed by atoms with Gasteiger partial charge in [0.1, 0.15) is 12.4 Å². The second-order valence-corrected chi connectivity index (χ2v) is 9.17. The largest absolute Gasteiger partial charge is 0.376 e. The first kappa shape index (κ1) is 23.1. The Kier molecular flexibility index (Phi) is 7.86. The van der Waals surface area contributed by atoms with Crippen LogP contribution < -0.4 is 0 Å². The second-order valence-electron chi connectivity index (χ2n) is 8.14. The summed E-state index contributed by atoms with van der Waals surface area (Å²) in [5.74, 6) is -0.839. The average Bonchev–Trinajstić information content (AvgIpc) is 3.53. The van der Waals surface area contributed by atoms with Crippen molar-refractivity contribution in [2.24, 2.45) is 0 Å². The van der Waals surface area contributed by atoms with Gasteiger partial charge in [-0.05, 0) is 54.1 Å². The van der Waals surface area contributed by atoms with E-state index in [2.05, 4.69) is 0 Å². The van der Waals surface area contributed by atoms with Crippen molar-refractivity contribution in [1.82, 2.24) is 9.80 Å². The highest BCUT2D eigenvalue weighted by atomic mass is 32.1. The van der Waals surface area contributed by atoms with Gasteiger partial charge in [0.05, 0.1) is 12.6 Å². The van der Waals surface area contributed by atoms with Crippen LogP contribution in [-0.4, -0.2) is 47.4 Å². The van der Waals surface area contributed by atoms with E-state index in [0.717, 1.165) is 23.3 Å². The summed E-state index contributed by atoms with van der Waals surface area (Å²) in [5.41, 5.74) is 1.38. The van der Waals surface area contributed by atoms with Crippen molar-refractivity contribution in [1.29, 1.82) is 0 Å². The fourth-order valence-corrected chi connectivity index (χ4v) is 4.64. The third kappa shape index (κ3) is 6.49. The molecular weight excluding hydrogens is 439 g/mol. The van der Waals surface area contributed by atoms with Crippen molar-refractivity contribution in [2.45, 2.75) is 32.0 Å². The lowest BCUT2D eigenvalue weighted by Gasteiger charge is -2.29. The Morgan fingerprint density at radius 1 is 0.970 bits per heavy atom. The number of benzene rings is 2. The maximum atomic E-state index is 13.5. The van der Waals surface area contributed by atoms with E-state index in [1.807, 2.05) is 47.8 Å². The van der Waals surface area contributed by atoms with Crippen molar-refractivity contribution >= 4 is 23.2 Å². The molecule has 0 N–H and O–H groups in total. The highest BCUT2D eigenvalue weighted by Crippen LogP contribution is 2.18. The summed E-state index contributed by atoms with van der Waals surface area (Å²) >= 11 is 1.60. The average molecular weight is 467 g/mol. The summed E-state index contributed by atoms with van der Waals surface area (Å²) < 4.78 is 19.1. The molecule has 1 aliphatic heterocycles. The van der Waals surface area contributed by atoms with Gasteiger partial charge in [0.25, 0.3) is 5.91 Å². The number of nitrogens with zero attached hydrogens (tertiary/aromatic N) is 2. The Morgan fingerprint density at radius 3 is 2.42 bits per heavy atom. The Balaban J connectivity index is 1.53. The number of ether oxygens (including phenoxy) is 1. The van der Waals surface area contributed by atoms with Crippen LogP contribution in [0.2, 0.25) is 0 Å². The van der Waals surface area contributed by atoms with Gasteiger partial charge in [0.15, 0.2) is 0 Å². The number of carbonyl (C=O) groups excluding carboxylic acids is 2. The Hall–Kier alpha value is -3.03. The van der Waals surface area contributed by atoms with Crippen LogP contribution in [0.4, 0.5) is 4.39 Å². The number of halogens is 1. The van der Waals surface area contributed by atoms with Gasteiger partial charge in [0.2, 0.25) is 5.91 Å². The minimum Gasteiger partial charge on any atom is -0.376 e. The van der Waals surface area contributed by atoms with Crippen LogP contribution in [0.15, 0.2) is 72.1 Å². The summed E-state index contributed by atoms with van der Waals surface area (Å²) in [6, 6.07) is 19.2. The van der Waals surface area contributed by atoms with E-state index in [1.54, 1.807) is 16.2 Å². The predicted octanol–water partition coefficient (Wildman–Crippen LogP) is 4.74. The molecule has 0 spiro atoms. The smallest absolute Gasteiger partial charge is 0.254 e. The molecule has 0 radical (unpaired) electrons. The normalized spacial score (nSPS) is 15.4. The molecule has 2 heterocycles. The summed E-state index contributed by atoms with van der Waals surface area (Å²) in [6.07, 6.45) is 1.70. The zero-order valence-corrected chi connectivity index (χ0v) is 19.2. The van der Waals surface area contributed by atoms with Gasteiger partial charge in [-0.25, -0.2) is 4.39 Å². The van der Waals surface area contributed by atoms with Crippen LogP contribution in [0.1, 0.15) is 33.6 Å². The van der Waals surface area contributed by atoms with E-state index < -0.39 is 5.82 Å². The van der Waals surface area contributed by atoms with Crippen LogP contribution in [0.5, 0.6) is 0 Å². The van der Waals surface area contributed by atoms with E-state index >= 15 is 0 Å². The molecule has 1 aromatic heterocycles. The fraction of sp³-hybridized carbons (Fsp3) is 0.308. The summed E-state index contributed by atoms with van der Waals surface area (Å²) in [5, 5.41) is 1.99. The molecule has 4 rings (SSSR count). The first-order valence-electron chi connectivity index (χ1n) is 11.1. The molecule has 3 aromatic rings. The number of carbonyl (C=O) groups is 2. The molecule has 0 saturated carbocycles. The molecule has 1 atom stereocenters. The van der Waals surface area contributed by atoms with E-state index in [1.165, 1.54) is 29.2 Å². The molecule has 2 aromatic carbocycles. The summed E-state index contributed by atoms with van der Waals surface area (Å²) in [7, 11) is 0. The highest BCUT2D eigenvalue weighted by molar-refractivity contribution is 7.09. The predicted molar refractivity (Wildman–Crippen MR) is 126 cm³/mol. The Labute approximate surface area is 197 Å².